The summed E-state index contributed by atoms with van der Waals surface area (Å²) in [5, 5.41) is 3.45. The molecule has 1 atom stereocenters. The zero-order valence-corrected chi connectivity index (χ0v) is 12.8. The van der Waals surface area contributed by atoms with E-state index in [1.165, 1.54) is 0 Å². The zero-order valence-electron chi connectivity index (χ0n) is 12.0. The molecule has 0 aliphatic carbocycles. The molecular formula is C15H18ClN3O2. The van der Waals surface area contributed by atoms with Crippen LogP contribution in [0.4, 0.5) is 0 Å². The number of ether oxygens (including phenoxy) is 1. The van der Waals surface area contributed by atoms with Gasteiger partial charge in [0.2, 0.25) is 5.91 Å². The highest BCUT2D eigenvalue weighted by Crippen LogP contribution is 2.25. The largest absolute Gasteiger partial charge is 0.495 e. The molecule has 2 N–H and O–H groups in total. The highest BCUT2D eigenvalue weighted by atomic mass is 35.5. The van der Waals surface area contributed by atoms with E-state index in [9.17, 15) is 4.79 Å². The molecule has 1 aromatic heterocycles. The minimum Gasteiger partial charge on any atom is -0.495 e. The van der Waals surface area contributed by atoms with Gasteiger partial charge in [0, 0.05) is 18.8 Å². The summed E-state index contributed by atoms with van der Waals surface area (Å²) in [6, 6.07) is 5.41. The van der Waals surface area contributed by atoms with Crippen LogP contribution in [-0.4, -0.2) is 23.0 Å². The number of methoxy groups -OCH3 is 1. The van der Waals surface area contributed by atoms with Crippen LogP contribution in [0.3, 0.4) is 0 Å². The van der Waals surface area contributed by atoms with Gasteiger partial charge in [-0.1, -0.05) is 17.7 Å². The SMILES string of the molecule is COc1ccc(CCC(=O)NC(C)c2ncc[nH]2)cc1Cl. The number of hydrogen-bond donors (Lipinski definition) is 2. The molecule has 2 rings (SSSR count). The molecule has 112 valence electrons. The van der Waals surface area contributed by atoms with Crippen molar-refractivity contribution in [3.8, 4) is 5.75 Å². The first-order valence-electron chi connectivity index (χ1n) is 6.71. The van der Waals surface area contributed by atoms with Crippen molar-refractivity contribution < 1.29 is 9.53 Å². The quantitative estimate of drug-likeness (QED) is 0.862. The molecule has 0 aliphatic heterocycles. The summed E-state index contributed by atoms with van der Waals surface area (Å²) in [4.78, 5) is 19.0. The van der Waals surface area contributed by atoms with Gasteiger partial charge in [0.15, 0.2) is 0 Å². The number of aromatic amines is 1. The Morgan fingerprint density at radius 3 is 2.95 bits per heavy atom. The summed E-state index contributed by atoms with van der Waals surface area (Å²) in [6.07, 6.45) is 4.42. The summed E-state index contributed by atoms with van der Waals surface area (Å²) in [5.41, 5.74) is 1.00. The van der Waals surface area contributed by atoms with E-state index in [2.05, 4.69) is 15.3 Å². The van der Waals surface area contributed by atoms with Crippen LogP contribution in [0.15, 0.2) is 30.6 Å². The van der Waals surface area contributed by atoms with Crippen LogP contribution in [0.1, 0.15) is 30.8 Å². The number of aromatic nitrogens is 2. The van der Waals surface area contributed by atoms with Gasteiger partial charge in [0.25, 0.3) is 0 Å². The number of nitrogens with one attached hydrogen (secondary N) is 2. The van der Waals surface area contributed by atoms with Gasteiger partial charge in [-0.15, -0.1) is 0 Å². The smallest absolute Gasteiger partial charge is 0.220 e. The summed E-state index contributed by atoms with van der Waals surface area (Å²) in [7, 11) is 1.57. The normalized spacial score (nSPS) is 12.0. The second kappa shape index (κ2) is 7.13. The molecular weight excluding hydrogens is 290 g/mol. The van der Waals surface area contributed by atoms with Gasteiger partial charge in [0.1, 0.15) is 11.6 Å². The first-order chi connectivity index (χ1) is 10.1. The number of aryl methyl sites for hydroxylation is 1. The topological polar surface area (TPSA) is 67.0 Å². The van der Waals surface area contributed by atoms with Gasteiger partial charge in [-0.2, -0.15) is 0 Å². The number of halogens is 1. The second-order valence-electron chi connectivity index (χ2n) is 4.73. The van der Waals surface area contributed by atoms with Crippen molar-refractivity contribution in [3.05, 3.63) is 47.0 Å². The minimum absolute atomic E-state index is 0.0224. The number of carbonyl (C=O) groups is 1. The third-order valence-corrected chi connectivity index (χ3v) is 3.46. The van der Waals surface area contributed by atoms with Gasteiger partial charge in [-0.25, -0.2) is 4.98 Å². The number of amides is 1. The number of rotatable bonds is 6. The molecule has 2 aromatic rings. The molecule has 1 amide bonds. The van der Waals surface area contributed by atoms with Crippen molar-refractivity contribution in [2.45, 2.75) is 25.8 Å². The molecule has 1 unspecified atom stereocenters. The van der Waals surface area contributed by atoms with Crippen molar-refractivity contribution in [1.82, 2.24) is 15.3 Å². The summed E-state index contributed by atoms with van der Waals surface area (Å²) in [6.45, 7) is 1.89. The fourth-order valence-electron chi connectivity index (χ4n) is 2.02. The van der Waals surface area contributed by atoms with Crippen LogP contribution >= 0.6 is 11.6 Å². The monoisotopic (exact) mass is 307 g/mol. The lowest BCUT2D eigenvalue weighted by molar-refractivity contribution is -0.121. The van der Waals surface area contributed by atoms with E-state index >= 15 is 0 Å². The minimum atomic E-state index is -0.132. The molecule has 0 fully saturated rings. The Kier molecular flexibility index (Phi) is 5.22. The standard InChI is InChI=1S/C15H18ClN3O2/c1-10(15-17-7-8-18-15)19-14(20)6-4-11-3-5-13(21-2)12(16)9-11/h3,5,7-10H,4,6H2,1-2H3,(H,17,18)(H,19,20). The highest BCUT2D eigenvalue weighted by Gasteiger charge is 2.11. The molecule has 21 heavy (non-hydrogen) atoms. The Balaban J connectivity index is 1.85. The van der Waals surface area contributed by atoms with Gasteiger partial charge in [-0.3, -0.25) is 4.79 Å². The molecule has 0 saturated carbocycles. The molecule has 0 spiro atoms. The predicted molar refractivity (Wildman–Crippen MR) is 81.5 cm³/mol. The molecule has 0 saturated heterocycles. The van der Waals surface area contributed by atoms with Gasteiger partial charge >= 0.3 is 0 Å². The molecule has 6 heteroatoms. The second-order valence-corrected chi connectivity index (χ2v) is 5.14. The van der Waals surface area contributed by atoms with E-state index in [0.29, 0.717) is 23.6 Å². The molecule has 0 bridgehead atoms. The number of hydrogen-bond acceptors (Lipinski definition) is 3. The lowest BCUT2D eigenvalue weighted by atomic mass is 10.1. The van der Waals surface area contributed by atoms with Crippen LogP contribution in [0, 0.1) is 0 Å². The molecule has 1 aromatic carbocycles. The Hall–Kier alpha value is -2.01. The highest BCUT2D eigenvalue weighted by molar-refractivity contribution is 6.32. The first-order valence-corrected chi connectivity index (χ1v) is 7.09. The fourth-order valence-corrected chi connectivity index (χ4v) is 2.30. The summed E-state index contributed by atoms with van der Waals surface area (Å²) in [5.74, 6) is 1.36. The number of imidazole rings is 1. The van der Waals surface area contributed by atoms with Crippen molar-refractivity contribution >= 4 is 17.5 Å². The van der Waals surface area contributed by atoms with Gasteiger partial charge in [0.05, 0.1) is 18.2 Å². The van der Waals surface area contributed by atoms with Crippen LogP contribution in [-0.2, 0) is 11.2 Å². The molecule has 1 heterocycles. The maximum absolute atomic E-state index is 11.9. The Bertz CT molecular complexity index is 599. The zero-order chi connectivity index (χ0) is 15.2. The number of benzene rings is 1. The van der Waals surface area contributed by atoms with Crippen LogP contribution < -0.4 is 10.1 Å². The lowest BCUT2D eigenvalue weighted by Crippen LogP contribution is -2.27. The fraction of sp³-hybridized carbons (Fsp3) is 0.333. The summed E-state index contributed by atoms with van der Waals surface area (Å²) < 4.78 is 5.10. The molecule has 5 nitrogen and oxygen atoms in total. The van der Waals surface area contributed by atoms with E-state index in [1.54, 1.807) is 25.6 Å². The molecule has 0 aliphatic rings. The Morgan fingerprint density at radius 1 is 1.52 bits per heavy atom. The van der Waals surface area contributed by atoms with Crippen molar-refractivity contribution in [3.63, 3.8) is 0 Å². The average molecular weight is 308 g/mol. The van der Waals surface area contributed by atoms with Gasteiger partial charge in [-0.05, 0) is 31.0 Å². The Morgan fingerprint density at radius 2 is 2.33 bits per heavy atom. The lowest BCUT2D eigenvalue weighted by Gasteiger charge is -2.11. The van der Waals surface area contributed by atoms with Crippen LogP contribution in [0.2, 0.25) is 5.02 Å². The van der Waals surface area contributed by atoms with Gasteiger partial charge < -0.3 is 15.0 Å². The van der Waals surface area contributed by atoms with E-state index in [1.807, 2.05) is 19.1 Å². The molecule has 0 radical (unpaired) electrons. The summed E-state index contributed by atoms with van der Waals surface area (Å²) >= 11 is 6.06. The van der Waals surface area contributed by atoms with Crippen LogP contribution in [0.5, 0.6) is 5.75 Å². The van der Waals surface area contributed by atoms with E-state index < -0.39 is 0 Å². The average Bonchev–Trinajstić information content (AvgIpc) is 2.99. The van der Waals surface area contributed by atoms with Crippen molar-refractivity contribution in [2.75, 3.05) is 7.11 Å². The number of H-pyrrole nitrogens is 1. The van der Waals surface area contributed by atoms with Crippen LogP contribution in [0.25, 0.3) is 0 Å². The van der Waals surface area contributed by atoms with E-state index in [0.717, 1.165) is 11.4 Å². The first kappa shape index (κ1) is 15.4. The third kappa shape index (κ3) is 4.23. The Labute approximate surface area is 128 Å². The number of nitrogens with zero attached hydrogens (tertiary/aromatic N) is 1. The van der Waals surface area contributed by atoms with Crippen molar-refractivity contribution in [1.29, 1.82) is 0 Å². The van der Waals surface area contributed by atoms with E-state index in [-0.39, 0.29) is 11.9 Å². The van der Waals surface area contributed by atoms with Crippen molar-refractivity contribution in [2.24, 2.45) is 0 Å². The third-order valence-electron chi connectivity index (χ3n) is 3.16. The number of carbonyl (C=O) groups excluding carboxylic acids is 1. The predicted octanol–water partition coefficient (Wildman–Crippen LogP) is 2.88. The maximum atomic E-state index is 11.9. The maximum Gasteiger partial charge on any atom is 0.220 e. The van der Waals surface area contributed by atoms with E-state index in [4.69, 9.17) is 16.3 Å².